The van der Waals surface area contributed by atoms with Crippen LogP contribution in [0.5, 0.6) is 11.5 Å². The van der Waals surface area contributed by atoms with Crippen molar-refractivity contribution < 1.29 is 18.3 Å². The Balaban J connectivity index is 2.03. The molecule has 0 bridgehead atoms. The predicted octanol–water partition coefficient (Wildman–Crippen LogP) is 4.21. The van der Waals surface area contributed by atoms with Gasteiger partial charge < -0.3 is 14.8 Å². The molecule has 6 heteroatoms. The normalized spacial score (nSPS) is 12.4. The molecule has 1 aromatic heterocycles. The molecule has 2 aromatic rings. The second kappa shape index (κ2) is 7.38. The van der Waals surface area contributed by atoms with Crippen LogP contribution in [-0.4, -0.2) is 13.7 Å². The van der Waals surface area contributed by atoms with E-state index in [0.717, 1.165) is 5.56 Å². The van der Waals surface area contributed by atoms with Gasteiger partial charge in [0.2, 0.25) is 0 Å². The Labute approximate surface area is 126 Å². The second-order valence-corrected chi connectivity index (χ2v) is 5.46. The molecule has 1 atom stereocenters. The van der Waals surface area contributed by atoms with Crippen molar-refractivity contribution in [1.29, 1.82) is 0 Å². The number of rotatable bonds is 7. The Morgan fingerprint density at radius 1 is 1.24 bits per heavy atom. The van der Waals surface area contributed by atoms with E-state index in [1.807, 2.05) is 17.5 Å². The first-order chi connectivity index (χ1) is 10.1. The van der Waals surface area contributed by atoms with Crippen LogP contribution in [0.1, 0.15) is 23.4 Å². The minimum Gasteiger partial charge on any atom is -0.493 e. The van der Waals surface area contributed by atoms with Crippen molar-refractivity contribution in [2.24, 2.45) is 0 Å². The highest BCUT2D eigenvalue weighted by molar-refractivity contribution is 7.10. The Bertz CT molecular complexity index is 561. The van der Waals surface area contributed by atoms with Crippen LogP contribution in [0.15, 0.2) is 35.7 Å². The monoisotopic (exact) mass is 313 g/mol. The van der Waals surface area contributed by atoms with E-state index in [1.54, 1.807) is 23.5 Å². The van der Waals surface area contributed by atoms with Crippen LogP contribution in [0.25, 0.3) is 0 Å². The highest BCUT2D eigenvalue weighted by Gasteiger charge is 2.12. The average molecular weight is 313 g/mol. The lowest BCUT2D eigenvalue weighted by Gasteiger charge is -2.14. The SMILES string of the molecule is COc1ccc(CNC(C)c2cccs2)cc1OC(F)F. The molecule has 0 radical (unpaired) electrons. The first-order valence-electron chi connectivity index (χ1n) is 6.48. The van der Waals surface area contributed by atoms with Crippen molar-refractivity contribution in [3.63, 3.8) is 0 Å². The Hall–Kier alpha value is -1.66. The summed E-state index contributed by atoms with van der Waals surface area (Å²) in [5, 5.41) is 5.37. The highest BCUT2D eigenvalue weighted by atomic mass is 32.1. The van der Waals surface area contributed by atoms with Gasteiger partial charge in [-0.05, 0) is 36.1 Å². The van der Waals surface area contributed by atoms with E-state index in [1.165, 1.54) is 12.0 Å². The zero-order chi connectivity index (χ0) is 15.2. The van der Waals surface area contributed by atoms with Crippen molar-refractivity contribution >= 4 is 11.3 Å². The molecular formula is C15H17F2NO2S. The first kappa shape index (κ1) is 15.7. The van der Waals surface area contributed by atoms with Gasteiger partial charge in [-0.3, -0.25) is 0 Å². The lowest BCUT2D eigenvalue weighted by molar-refractivity contribution is -0.0512. The second-order valence-electron chi connectivity index (χ2n) is 4.48. The van der Waals surface area contributed by atoms with Gasteiger partial charge in [0, 0.05) is 17.5 Å². The van der Waals surface area contributed by atoms with E-state index in [0.29, 0.717) is 12.3 Å². The number of benzene rings is 1. The van der Waals surface area contributed by atoms with Gasteiger partial charge in [-0.1, -0.05) is 12.1 Å². The molecule has 3 nitrogen and oxygen atoms in total. The van der Waals surface area contributed by atoms with Crippen LogP contribution >= 0.6 is 11.3 Å². The predicted molar refractivity (Wildman–Crippen MR) is 79.2 cm³/mol. The molecule has 1 aromatic carbocycles. The zero-order valence-corrected chi connectivity index (χ0v) is 12.6. The summed E-state index contributed by atoms with van der Waals surface area (Å²) in [5.41, 5.74) is 0.856. The van der Waals surface area contributed by atoms with Gasteiger partial charge in [0.1, 0.15) is 0 Å². The van der Waals surface area contributed by atoms with E-state index in [-0.39, 0.29) is 11.8 Å². The molecule has 1 N–H and O–H groups in total. The first-order valence-corrected chi connectivity index (χ1v) is 7.36. The highest BCUT2D eigenvalue weighted by Crippen LogP contribution is 2.29. The third-order valence-electron chi connectivity index (χ3n) is 3.03. The third kappa shape index (κ3) is 4.41. The number of ether oxygens (including phenoxy) is 2. The molecular weight excluding hydrogens is 296 g/mol. The van der Waals surface area contributed by atoms with E-state index in [9.17, 15) is 8.78 Å². The van der Waals surface area contributed by atoms with Crippen molar-refractivity contribution in [2.45, 2.75) is 26.1 Å². The molecule has 0 saturated heterocycles. The quantitative estimate of drug-likeness (QED) is 0.830. The maximum Gasteiger partial charge on any atom is 0.387 e. The van der Waals surface area contributed by atoms with E-state index in [4.69, 9.17) is 4.74 Å². The van der Waals surface area contributed by atoms with Crippen LogP contribution in [-0.2, 0) is 6.54 Å². The number of hydrogen-bond acceptors (Lipinski definition) is 4. The molecule has 0 aliphatic carbocycles. The van der Waals surface area contributed by atoms with Crippen molar-refractivity contribution in [3.05, 3.63) is 46.2 Å². The summed E-state index contributed by atoms with van der Waals surface area (Å²) in [6.07, 6.45) is 0. The molecule has 0 amide bonds. The van der Waals surface area contributed by atoms with Gasteiger partial charge in [-0.25, -0.2) is 0 Å². The van der Waals surface area contributed by atoms with Gasteiger partial charge >= 0.3 is 6.61 Å². The molecule has 0 aliphatic rings. The van der Waals surface area contributed by atoms with Crippen molar-refractivity contribution in [1.82, 2.24) is 5.32 Å². The standard InChI is InChI=1S/C15H17F2NO2S/c1-10(14-4-3-7-21-14)18-9-11-5-6-12(19-2)13(8-11)20-15(16)17/h3-8,10,15,18H,9H2,1-2H3. The molecule has 21 heavy (non-hydrogen) atoms. The summed E-state index contributed by atoms with van der Waals surface area (Å²) < 4.78 is 34.2. The fourth-order valence-electron chi connectivity index (χ4n) is 1.93. The summed E-state index contributed by atoms with van der Waals surface area (Å²) in [6, 6.07) is 9.28. The van der Waals surface area contributed by atoms with E-state index >= 15 is 0 Å². The minimum atomic E-state index is -2.87. The topological polar surface area (TPSA) is 30.5 Å². The third-order valence-corrected chi connectivity index (χ3v) is 4.08. The molecule has 0 saturated carbocycles. The summed E-state index contributed by atoms with van der Waals surface area (Å²) >= 11 is 1.68. The van der Waals surface area contributed by atoms with E-state index in [2.05, 4.69) is 23.0 Å². The number of hydrogen-bond donors (Lipinski definition) is 1. The van der Waals surface area contributed by atoms with Gasteiger partial charge in [0.25, 0.3) is 0 Å². The minimum absolute atomic E-state index is 0.0515. The average Bonchev–Trinajstić information content (AvgIpc) is 2.98. The Morgan fingerprint density at radius 3 is 2.67 bits per heavy atom. The van der Waals surface area contributed by atoms with Crippen LogP contribution in [0.3, 0.4) is 0 Å². The smallest absolute Gasteiger partial charge is 0.387 e. The summed E-state index contributed by atoms with van der Waals surface area (Å²) in [7, 11) is 1.42. The van der Waals surface area contributed by atoms with Crippen molar-refractivity contribution in [2.75, 3.05) is 7.11 Å². The zero-order valence-electron chi connectivity index (χ0n) is 11.8. The summed E-state index contributed by atoms with van der Waals surface area (Å²) in [4.78, 5) is 1.23. The molecule has 2 rings (SSSR count). The van der Waals surface area contributed by atoms with Crippen LogP contribution in [0.4, 0.5) is 8.78 Å². The summed E-state index contributed by atoms with van der Waals surface area (Å²) in [6.45, 7) is -0.249. The fourth-order valence-corrected chi connectivity index (χ4v) is 2.69. The molecule has 114 valence electrons. The lowest BCUT2D eigenvalue weighted by Crippen LogP contribution is -2.17. The molecule has 1 unspecified atom stereocenters. The number of methoxy groups -OCH3 is 1. The van der Waals surface area contributed by atoms with Gasteiger partial charge in [0.05, 0.1) is 7.11 Å². The molecule has 0 fully saturated rings. The van der Waals surface area contributed by atoms with E-state index < -0.39 is 6.61 Å². The number of alkyl halides is 2. The maximum atomic E-state index is 12.4. The largest absolute Gasteiger partial charge is 0.493 e. The maximum absolute atomic E-state index is 12.4. The molecule has 1 heterocycles. The number of nitrogens with one attached hydrogen (secondary N) is 1. The van der Waals surface area contributed by atoms with Crippen LogP contribution < -0.4 is 14.8 Å². The Kier molecular flexibility index (Phi) is 5.52. The van der Waals surface area contributed by atoms with Crippen LogP contribution in [0.2, 0.25) is 0 Å². The number of thiophene rings is 1. The summed E-state index contributed by atoms with van der Waals surface area (Å²) in [5.74, 6) is 0.348. The van der Waals surface area contributed by atoms with Gasteiger partial charge in [-0.15, -0.1) is 11.3 Å². The van der Waals surface area contributed by atoms with Gasteiger partial charge in [0.15, 0.2) is 11.5 Å². The molecule has 0 aliphatic heterocycles. The lowest BCUT2D eigenvalue weighted by atomic mass is 10.2. The number of halogens is 2. The fraction of sp³-hybridized carbons (Fsp3) is 0.333. The Morgan fingerprint density at radius 2 is 2.05 bits per heavy atom. The molecule has 0 spiro atoms. The van der Waals surface area contributed by atoms with Crippen molar-refractivity contribution in [3.8, 4) is 11.5 Å². The van der Waals surface area contributed by atoms with Gasteiger partial charge in [-0.2, -0.15) is 8.78 Å². The van der Waals surface area contributed by atoms with Crippen LogP contribution in [0, 0.1) is 0 Å².